The van der Waals surface area contributed by atoms with E-state index in [1.165, 1.54) is 10.9 Å². The fourth-order valence-corrected chi connectivity index (χ4v) is 1.01. The van der Waals surface area contributed by atoms with Crippen molar-refractivity contribution in [2.45, 2.75) is 0 Å². The van der Waals surface area contributed by atoms with Crippen molar-refractivity contribution in [3.05, 3.63) is 30.6 Å². The van der Waals surface area contributed by atoms with Crippen molar-refractivity contribution in [1.82, 2.24) is 15.0 Å². The first-order chi connectivity index (χ1) is 6.27. The highest BCUT2D eigenvalue weighted by Gasteiger charge is 2.01. The molecule has 1 heterocycles. The van der Waals surface area contributed by atoms with Crippen molar-refractivity contribution in [3.63, 3.8) is 0 Å². The van der Waals surface area contributed by atoms with E-state index in [4.69, 9.17) is 5.73 Å². The van der Waals surface area contributed by atoms with Gasteiger partial charge < -0.3 is 10.8 Å². The molecule has 13 heavy (non-hydrogen) atoms. The van der Waals surface area contributed by atoms with Crippen molar-refractivity contribution in [2.75, 3.05) is 5.73 Å². The maximum atomic E-state index is 9.31. The lowest BCUT2D eigenvalue weighted by Crippen LogP contribution is -1.98. The molecule has 2 aromatic rings. The lowest BCUT2D eigenvalue weighted by atomic mass is 10.2. The quantitative estimate of drug-likeness (QED) is 0.491. The Kier molecular flexibility index (Phi) is 1.63. The van der Waals surface area contributed by atoms with Gasteiger partial charge in [0.2, 0.25) is 0 Å². The number of nitrogens with two attached hydrogens (primary N) is 1. The molecule has 0 saturated heterocycles. The van der Waals surface area contributed by atoms with E-state index in [-0.39, 0.29) is 5.75 Å². The molecule has 0 aliphatic heterocycles. The van der Waals surface area contributed by atoms with Gasteiger partial charge in [-0.05, 0) is 12.1 Å². The Morgan fingerprint density at radius 3 is 2.54 bits per heavy atom. The van der Waals surface area contributed by atoms with E-state index < -0.39 is 0 Å². The van der Waals surface area contributed by atoms with Gasteiger partial charge in [0.05, 0.1) is 23.8 Å². The first kappa shape index (κ1) is 7.60. The summed E-state index contributed by atoms with van der Waals surface area (Å²) in [4.78, 5) is 1.40. The molecule has 0 atom stereocenters. The van der Waals surface area contributed by atoms with Crippen LogP contribution in [0.4, 0.5) is 5.69 Å². The van der Waals surface area contributed by atoms with Crippen LogP contribution < -0.4 is 5.73 Å². The van der Waals surface area contributed by atoms with Gasteiger partial charge in [0.1, 0.15) is 5.75 Å². The predicted molar refractivity (Wildman–Crippen MR) is 47.4 cm³/mol. The number of hydrogen-bond acceptors (Lipinski definition) is 4. The molecule has 66 valence electrons. The molecule has 3 N–H and O–H groups in total. The Morgan fingerprint density at radius 1 is 1.23 bits per heavy atom. The Hall–Kier alpha value is -2.04. The number of nitrogens with zero attached hydrogens (tertiary/aromatic N) is 3. The molecule has 5 nitrogen and oxygen atoms in total. The normalized spacial score (nSPS) is 10.2. The van der Waals surface area contributed by atoms with Crippen molar-refractivity contribution < 1.29 is 5.11 Å². The third-order valence-corrected chi connectivity index (χ3v) is 1.66. The number of aromatic hydroxyl groups is 1. The van der Waals surface area contributed by atoms with Crippen LogP contribution in [0.25, 0.3) is 5.69 Å². The van der Waals surface area contributed by atoms with Gasteiger partial charge in [0.25, 0.3) is 0 Å². The summed E-state index contributed by atoms with van der Waals surface area (Å²) in [5.41, 5.74) is 6.46. The molecular weight excluding hydrogens is 168 g/mol. The van der Waals surface area contributed by atoms with Crippen molar-refractivity contribution in [2.24, 2.45) is 0 Å². The molecule has 0 spiro atoms. The predicted octanol–water partition coefficient (Wildman–Crippen LogP) is 0.555. The van der Waals surface area contributed by atoms with E-state index in [9.17, 15) is 5.11 Å². The number of phenolic OH excluding ortho intramolecular Hbond substituents is 1. The maximum Gasteiger partial charge on any atom is 0.140 e. The molecule has 1 aromatic heterocycles. The highest BCUT2D eigenvalue weighted by atomic mass is 16.3. The van der Waals surface area contributed by atoms with Crippen molar-refractivity contribution in [3.8, 4) is 11.4 Å². The summed E-state index contributed by atoms with van der Waals surface area (Å²) in [5, 5.41) is 17.1. The van der Waals surface area contributed by atoms with Gasteiger partial charge in [-0.3, -0.25) is 0 Å². The summed E-state index contributed by atoms with van der Waals surface area (Å²) in [6, 6.07) is 4.85. The smallest absolute Gasteiger partial charge is 0.140 e. The minimum absolute atomic E-state index is 0.0369. The SMILES string of the molecule is Nc1ccc(-n2nccn2)cc1O. The maximum absolute atomic E-state index is 9.31. The molecule has 0 fully saturated rings. The van der Waals surface area contributed by atoms with Gasteiger partial charge in [-0.25, -0.2) is 0 Å². The molecule has 0 unspecified atom stereocenters. The van der Waals surface area contributed by atoms with Crippen LogP contribution in [0.3, 0.4) is 0 Å². The number of aromatic nitrogens is 3. The van der Waals surface area contributed by atoms with Crippen LogP contribution in [-0.2, 0) is 0 Å². The van der Waals surface area contributed by atoms with Crippen LogP contribution >= 0.6 is 0 Å². The van der Waals surface area contributed by atoms with Crippen LogP contribution in [-0.4, -0.2) is 20.1 Å². The fourth-order valence-electron chi connectivity index (χ4n) is 1.01. The van der Waals surface area contributed by atoms with Gasteiger partial charge in [0, 0.05) is 6.07 Å². The Bertz CT molecular complexity index is 410. The largest absolute Gasteiger partial charge is 0.506 e. The topological polar surface area (TPSA) is 77.0 Å². The van der Waals surface area contributed by atoms with Crippen molar-refractivity contribution in [1.29, 1.82) is 0 Å². The Labute approximate surface area is 74.4 Å². The average Bonchev–Trinajstić information content (AvgIpc) is 2.62. The number of nitrogen functional groups attached to an aromatic ring is 1. The highest BCUT2D eigenvalue weighted by molar-refractivity contribution is 5.56. The molecule has 0 aliphatic carbocycles. The number of hydrogen-bond donors (Lipinski definition) is 2. The third kappa shape index (κ3) is 1.31. The third-order valence-electron chi connectivity index (χ3n) is 1.66. The van der Waals surface area contributed by atoms with Crippen LogP contribution in [0.1, 0.15) is 0 Å². The van der Waals surface area contributed by atoms with E-state index in [0.717, 1.165) is 0 Å². The van der Waals surface area contributed by atoms with Crippen LogP contribution in [0, 0.1) is 0 Å². The van der Waals surface area contributed by atoms with E-state index in [1.807, 2.05) is 0 Å². The molecule has 1 aromatic carbocycles. The minimum Gasteiger partial charge on any atom is -0.506 e. The van der Waals surface area contributed by atoms with Crippen LogP contribution in [0.5, 0.6) is 5.75 Å². The summed E-state index contributed by atoms with van der Waals surface area (Å²) >= 11 is 0. The number of rotatable bonds is 1. The molecular formula is C8H8N4O. The molecule has 0 saturated carbocycles. The van der Waals surface area contributed by atoms with Gasteiger partial charge in [-0.15, -0.1) is 0 Å². The Balaban J connectivity index is 2.49. The molecule has 5 heteroatoms. The highest BCUT2D eigenvalue weighted by Crippen LogP contribution is 2.21. The second-order valence-corrected chi connectivity index (χ2v) is 2.56. The lowest BCUT2D eigenvalue weighted by Gasteiger charge is -2.01. The minimum atomic E-state index is 0.0369. The number of anilines is 1. The average molecular weight is 176 g/mol. The summed E-state index contributed by atoms with van der Waals surface area (Å²) in [6.07, 6.45) is 3.13. The number of benzene rings is 1. The van der Waals surface area contributed by atoms with E-state index in [2.05, 4.69) is 10.2 Å². The fraction of sp³-hybridized carbons (Fsp3) is 0. The first-order valence-electron chi connectivity index (χ1n) is 3.72. The van der Waals surface area contributed by atoms with Gasteiger partial charge >= 0.3 is 0 Å². The van der Waals surface area contributed by atoms with Crippen LogP contribution in [0.15, 0.2) is 30.6 Å². The second-order valence-electron chi connectivity index (χ2n) is 2.56. The molecule has 0 radical (unpaired) electrons. The molecule has 0 aliphatic rings. The van der Waals surface area contributed by atoms with E-state index in [0.29, 0.717) is 11.4 Å². The number of phenols is 1. The summed E-state index contributed by atoms with van der Waals surface area (Å²) in [6.45, 7) is 0. The van der Waals surface area contributed by atoms with E-state index >= 15 is 0 Å². The zero-order chi connectivity index (χ0) is 9.26. The zero-order valence-electron chi connectivity index (χ0n) is 6.75. The van der Waals surface area contributed by atoms with Gasteiger partial charge in [0.15, 0.2) is 0 Å². The monoisotopic (exact) mass is 176 g/mol. The zero-order valence-corrected chi connectivity index (χ0v) is 6.75. The summed E-state index contributed by atoms with van der Waals surface area (Å²) in [5.74, 6) is 0.0369. The summed E-state index contributed by atoms with van der Waals surface area (Å²) in [7, 11) is 0. The van der Waals surface area contributed by atoms with Crippen molar-refractivity contribution >= 4 is 5.69 Å². The summed E-state index contributed by atoms with van der Waals surface area (Å²) < 4.78 is 0. The van der Waals surface area contributed by atoms with Gasteiger partial charge in [-0.2, -0.15) is 15.0 Å². The lowest BCUT2D eigenvalue weighted by molar-refractivity contribution is 0.477. The van der Waals surface area contributed by atoms with Crippen LogP contribution in [0.2, 0.25) is 0 Å². The van der Waals surface area contributed by atoms with E-state index in [1.54, 1.807) is 24.5 Å². The standard InChI is InChI=1S/C8H8N4O/c9-7-2-1-6(5-8(7)13)12-10-3-4-11-12/h1-5,13H,9H2. The molecule has 0 amide bonds. The molecule has 0 bridgehead atoms. The van der Waals surface area contributed by atoms with Gasteiger partial charge in [-0.1, -0.05) is 0 Å². The molecule has 2 rings (SSSR count). The second kappa shape index (κ2) is 2.78. The Morgan fingerprint density at radius 2 is 1.92 bits per heavy atom. The first-order valence-corrected chi connectivity index (χ1v) is 3.72.